The molecule has 7 nitrogen and oxygen atoms in total. The van der Waals surface area contributed by atoms with Gasteiger partial charge in [-0.1, -0.05) is 6.07 Å². The summed E-state index contributed by atoms with van der Waals surface area (Å²) in [6.07, 6.45) is 2.47. The largest absolute Gasteiger partial charge is 0.383 e. The van der Waals surface area contributed by atoms with Gasteiger partial charge in [0.1, 0.15) is 5.69 Å². The van der Waals surface area contributed by atoms with Crippen molar-refractivity contribution in [1.29, 1.82) is 0 Å². The number of anilines is 1. The number of benzene rings is 1. The molecule has 2 aliphatic rings. The van der Waals surface area contributed by atoms with Crippen LogP contribution in [-0.4, -0.2) is 67.7 Å². The number of nitro benzene ring substituents is 1. The van der Waals surface area contributed by atoms with Gasteiger partial charge in [0, 0.05) is 45.8 Å². The van der Waals surface area contributed by atoms with Crippen LogP contribution in [0.2, 0.25) is 0 Å². The van der Waals surface area contributed by atoms with Gasteiger partial charge in [-0.05, 0) is 36.9 Å². The Labute approximate surface area is 149 Å². The Morgan fingerprint density at radius 3 is 2.80 bits per heavy atom. The molecule has 0 aliphatic carbocycles. The molecule has 3 rings (SSSR count). The number of rotatable bonds is 6. The van der Waals surface area contributed by atoms with Crippen LogP contribution in [0.5, 0.6) is 0 Å². The first-order valence-electron chi connectivity index (χ1n) is 9.13. The average Bonchev–Trinajstić information content (AvgIpc) is 2.63. The minimum Gasteiger partial charge on any atom is -0.383 e. The van der Waals surface area contributed by atoms with Crippen LogP contribution in [0.25, 0.3) is 0 Å². The summed E-state index contributed by atoms with van der Waals surface area (Å²) in [4.78, 5) is 15.9. The third kappa shape index (κ3) is 4.90. The van der Waals surface area contributed by atoms with Gasteiger partial charge >= 0.3 is 0 Å². The van der Waals surface area contributed by atoms with Gasteiger partial charge in [0.05, 0.1) is 18.1 Å². The zero-order valence-corrected chi connectivity index (χ0v) is 14.9. The zero-order chi connectivity index (χ0) is 17.6. The fraction of sp³-hybridized carbons (Fsp3) is 0.667. The van der Waals surface area contributed by atoms with Crippen molar-refractivity contribution in [3.05, 3.63) is 33.9 Å². The molecule has 2 saturated heterocycles. The van der Waals surface area contributed by atoms with Crippen molar-refractivity contribution >= 4 is 11.4 Å². The second kappa shape index (κ2) is 8.60. The monoisotopic (exact) mass is 348 g/mol. The van der Waals surface area contributed by atoms with Crippen LogP contribution >= 0.6 is 0 Å². The van der Waals surface area contributed by atoms with Crippen molar-refractivity contribution in [3.63, 3.8) is 0 Å². The summed E-state index contributed by atoms with van der Waals surface area (Å²) in [5, 5.41) is 14.1. The molecule has 138 valence electrons. The molecule has 1 aromatic carbocycles. The Kier molecular flexibility index (Phi) is 6.23. The van der Waals surface area contributed by atoms with E-state index in [9.17, 15) is 10.1 Å². The highest BCUT2D eigenvalue weighted by Crippen LogP contribution is 2.27. The van der Waals surface area contributed by atoms with Crippen LogP contribution in [0.15, 0.2) is 18.2 Å². The van der Waals surface area contributed by atoms with E-state index in [0.29, 0.717) is 11.6 Å². The lowest BCUT2D eigenvalue weighted by atomic mass is 9.96. The first-order valence-corrected chi connectivity index (χ1v) is 9.13. The van der Waals surface area contributed by atoms with E-state index in [1.165, 1.54) is 12.8 Å². The Bertz CT molecular complexity index is 590. The Hall–Kier alpha value is -1.70. The first kappa shape index (κ1) is 18.1. The van der Waals surface area contributed by atoms with Gasteiger partial charge in [0.15, 0.2) is 0 Å². The minimum atomic E-state index is -0.313. The van der Waals surface area contributed by atoms with Gasteiger partial charge < -0.3 is 10.1 Å². The number of hydrogen-bond acceptors (Lipinski definition) is 6. The van der Waals surface area contributed by atoms with Crippen molar-refractivity contribution in [2.75, 3.05) is 58.3 Å². The number of morpholine rings is 1. The normalized spacial score (nSPS) is 22.7. The van der Waals surface area contributed by atoms with Crippen molar-refractivity contribution in [2.45, 2.75) is 19.4 Å². The predicted octanol–water partition coefficient (Wildman–Crippen LogP) is 2.18. The van der Waals surface area contributed by atoms with Gasteiger partial charge in [0.2, 0.25) is 0 Å². The van der Waals surface area contributed by atoms with E-state index < -0.39 is 0 Å². The molecule has 25 heavy (non-hydrogen) atoms. The second-order valence-corrected chi connectivity index (χ2v) is 7.01. The molecular weight excluding hydrogens is 320 g/mol. The fourth-order valence-electron chi connectivity index (χ4n) is 3.89. The maximum Gasteiger partial charge on any atom is 0.292 e. The van der Waals surface area contributed by atoms with Crippen LogP contribution < -0.4 is 5.32 Å². The van der Waals surface area contributed by atoms with E-state index in [-0.39, 0.29) is 10.6 Å². The fourth-order valence-corrected chi connectivity index (χ4v) is 3.89. The van der Waals surface area contributed by atoms with E-state index in [2.05, 4.69) is 15.1 Å². The van der Waals surface area contributed by atoms with Crippen LogP contribution in [-0.2, 0) is 11.3 Å². The quantitative estimate of drug-likeness (QED) is 0.628. The summed E-state index contributed by atoms with van der Waals surface area (Å²) in [7, 11) is 1.71. The summed E-state index contributed by atoms with van der Waals surface area (Å²) in [6, 6.07) is 5.50. The summed E-state index contributed by atoms with van der Waals surface area (Å²) in [5.74, 6) is 0.679. The van der Waals surface area contributed by atoms with Gasteiger partial charge in [-0.3, -0.25) is 19.9 Å². The zero-order valence-electron chi connectivity index (χ0n) is 14.9. The van der Waals surface area contributed by atoms with Crippen LogP contribution in [0.4, 0.5) is 11.4 Å². The van der Waals surface area contributed by atoms with Gasteiger partial charge in [-0.15, -0.1) is 0 Å². The molecule has 0 aromatic heterocycles. The van der Waals surface area contributed by atoms with E-state index >= 15 is 0 Å². The third-order valence-electron chi connectivity index (χ3n) is 5.16. The van der Waals surface area contributed by atoms with Crippen LogP contribution in [0.3, 0.4) is 0 Å². The molecule has 2 heterocycles. The van der Waals surface area contributed by atoms with Gasteiger partial charge in [-0.2, -0.15) is 0 Å². The minimum absolute atomic E-state index is 0.155. The molecule has 1 unspecified atom stereocenters. The molecule has 1 atom stereocenters. The predicted molar refractivity (Wildman–Crippen MR) is 97.9 cm³/mol. The lowest BCUT2D eigenvalue weighted by Crippen LogP contribution is -2.44. The van der Waals surface area contributed by atoms with Gasteiger partial charge in [0.25, 0.3) is 5.69 Å². The van der Waals surface area contributed by atoms with Crippen molar-refractivity contribution in [3.8, 4) is 0 Å². The second-order valence-electron chi connectivity index (χ2n) is 7.01. The maximum atomic E-state index is 11.2. The highest BCUT2D eigenvalue weighted by molar-refractivity contribution is 5.62. The standard InChI is InChI=1S/C18H28N4O3/c1-19-17-5-4-15(11-18(17)22(23)24)12-21-6-2-3-16(14-21)13-20-7-9-25-10-8-20/h4-5,11,16,19H,2-3,6-10,12-14H2,1H3. The summed E-state index contributed by atoms with van der Waals surface area (Å²) < 4.78 is 5.43. The lowest BCUT2D eigenvalue weighted by Gasteiger charge is -2.36. The number of likely N-dealkylation sites (tertiary alicyclic amines) is 1. The van der Waals surface area contributed by atoms with E-state index in [1.54, 1.807) is 13.1 Å². The number of ether oxygens (including phenoxy) is 1. The molecule has 0 amide bonds. The molecule has 0 spiro atoms. The smallest absolute Gasteiger partial charge is 0.292 e. The van der Waals surface area contributed by atoms with Crippen LogP contribution in [0, 0.1) is 16.0 Å². The molecule has 2 fully saturated rings. The Morgan fingerprint density at radius 1 is 1.28 bits per heavy atom. The van der Waals surface area contributed by atoms with Crippen molar-refractivity contribution in [2.24, 2.45) is 5.92 Å². The van der Waals surface area contributed by atoms with E-state index in [1.807, 2.05) is 12.1 Å². The molecule has 0 radical (unpaired) electrons. The number of nitrogens with one attached hydrogen (secondary N) is 1. The molecule has 1 aromatic rings. The van der Waals surface area contributed by atoms with Gasteiger partial charge in [-0.25, -0.2) is 0 Å². The highest BCUT2D eigenvalue weighted by atomic mass is 16.6. The summed E-state index contributed by atoms with van der Waals surface area (Å²) >= 11 is 0. The maximum absolute atomic E-state index is 11.2. The van der Waals surface area contributed by atoms with E-state index in [0.717, 1.165) is 58.0 Å². The number of nitro groups is 1. The first-order chi connectivity index (χ1) is 12.2. The number of nitrogens with zero attached hydrogens (tertiary/aromatic N) is 3. The summed E-state index contributed by atoms with van der Waals surface area (Å²) in [6.45, 7) is 7.82. The lowest BCUT2D eigenvalue weighted by molar-refractivity contribution is -0.384. The van der Waals surface area contributed by atoms with Crippen LogP contribution in [0.1, 0.15) is 18.4 Å². The Morgan fingerprint density at radius 2 is 2.08 bits per heavy atom. The van der Waals surface area contributed by atoms with E-state index in [4.69, 9.17) is 4.74 Å². The molecule has 1 N–H and O–H groups in total. The molecule has 2 aliphatic heterocycles. The van der Waals surface area contributed by atoms with Crippen molar-refractivity contribution < 1.29 is 9.66 Å². The SMILES string of the molecule is CNc1ccc(CN2CCCC(CN3CCOCC3)C2)cc1[N+](=O)[O-]. The Balaban J connectivity index is 1.58. The molecule has 0 bridgehead atoms. The summed E-state index contributed by atoms with van der Waals surface area (Å²) in [5.41, 5.74) is 1.73. The van der Waals surface area contributed by atoms with Crippen molar-refractivity contribution in [1.82, 2.24) is 9.80 Å². The molecular formula is C18H28N4O3. The third-order valence-corrected chi connectivity index (χ3v) is 5.16. The highest BCUT2D eigenvalue weighted by Gasteiger charge is 2.24. The topological polar surface area (TPSA) is 70.9 Å². The number of piperidine rings is 1. The average molecular weight is 348 g/mol. The number of hydrogen-bond donors (Lipinski definition) is 1. The molecule has 7 heteroatoms. The molecule has 0 saturated carbocycles.